The smallest absolute Gasteiger partial charge is 0.230 e. The number of ether oxygens (including phenoxy) is 1. The van der Waals surface area contributed by atoms with E-state index in [-0.39, 0.29) is 17.5 Å². The number of hydrogen-bond acceptors (Lipinski definition) is 5. The highest BCUT2D eigenvalue weighted by Gasteiger charge is 2.17. The standard InChI is InChI=1S/C25H22FN3O2S/c1-31-20-6-4-5-18(13-20)23-14-25(29-22-8-3-2-7-21(22)28-23)32-16-24(30)27-15-17-9-11-19(26)12-10-17/h2-13H,14-16H2,1H3,(H,27,30). The lowest BCUT2D eigenvalue weighted by molar-refractivity contribution is -0.118. The van der Waals surface area contributed by atoms with E-state index in [2.05, 4.69) is 5.32 Å². The van der Waals surface area contributed by atoms with E-state index in [9.17, 15) is 9.18 Å². The number of methoxy groups -OCH3 is 1. The molecule has 4 rings (SSSR count). The summed E-state index contributed by atoms with van der Waals surface area (Å²) in [6.07, 6.45) is 0.512. The van der Waals surface area contributed by atoms with Crippen LogP contribution in [-0.2, 0) is 11.3 Å². The monoisotopic (exact) mass is 447 g/mol. The second-order valence-corrected chi connectivity index (χ2v) is 8.20. The maximum absolute atomic E-state index is 13.0. The minimum absolute atomic E-state index is 0.112. The van der Waals surface area contributed by atoms with E-state index >= 15 is 0 Å². The SMILES string of the molecule is COc1cccc(C2=Nc3ccccc3N=C(SCC(=O)NCc3ccc(F)cc3)C2)c1. The molecule has 0 saturated carbocycles. The fourth-order valence-electron chi connectivity index (χ4n) is 3.21. The number of nitrogens with one attached hydrogen (secondary N) is 1. The molecule has 162 valence electrons. The van der Waals surface area contributed by atoms with Crippen molar-refractivity contribution in [2.24, 2.45) is 9.98 Å². The maximum atomic E-state index is 13.0. The van der Waals surface area contributed by atoms with E-state index in [1.165, 1.54) is 23.9 Å². The van der Waals surface area contributed by atoms with Gasteiger partial charge in [-0.1, -0.05) is 36.4 Å². The molecule has 0 spiro atoms. The molecule has 1 aliphatic rings. The molecule has 1 heterocycles. The fourth-order valence-corrected chi connectivity index (χ4v) is 4.01. The van der Waals surface area contributed by atoms with Crippen LogP contribution in [0.25, 0.3) is 0 Å². The highest BCUT2D eigenvalue weighted by Crippen LogP contribution is 2.33. The van der Waals surface area contributed by atoms with E-state index in [1.54, 1.807) is 19.2 Å². The molecule has 0 aliphatic carbocycles. The van der Waals surface area contributed by atoms with Crippen LogP contribution in [-0.4, -0.2) is 29.5 Å². The lowest BCUT2D eigenvalue weighted by atomic mass is 10.1. The summed E-state index contributed by atoms with van der Waals surface area (Å²) in [6, 6.07) is 21.6. The molecule has 3 aromatic carbocycles. The number of aliphatic imine (C=N–C) groups is 2. The number of halogens is 1. The van der Waals surface area contributed by atoms with Gasteiger partial charge in [0.2, 0.25) is 5.91 Å². The second-order valence-electron chi connectivity index (χ2n) is 7.15. The number of carbonyl (C=O) groups excluding carboxylic acids is 1. The van der Waals surface area contributed by atoms with Gasteiger partial charge >= 0.3 is 0 Å². The summed E-state index contributed by atoms with van der Waals surface area (Å²) in [5.74, 6) is 0.581. The summed E-state index contributed by atoms with van der Waals surface area (Å²) >= 11 is 1.39. The highest BCUT2D eigenvalue weighted by atomic mass is 32.2. The molecular formula is C25H22FN3O2S. The molecule has 5 nitrogen and oxygen atoms in total. The third-order valence-corrected chi connectivity index (χ3v) is 5.85. The van der Waals surface area contributed by atoms with Crippen LogP contribution in [0.1, 0.15) is 17.5 Å². The summed E-state index contributed by atoms with van der Waals surface area (Å²) in [4.78, 5) is 22.0. The van der Waals surface area contributed by atoms with Gasteiger partial charge in [-0.2, -0.15) is 0 Å². The van der Waals surface area contributed by atoms with Gasteiger partial charge in [0.25, 0.3) is 0 Å². The van der Waals surface area contributed by atoms with Crippen molar-refractivity contribution < 1.29 is 13.9 Å². The van der Waals surface area contributed by atoms with Crippen LogP contribution in [0.4, 0.5) is 15.8 Å². The van der Waals surface area contributed by atoms with Crippen molar-refractivity contribution in [2.45, 2.75) is 13.0 Å². The lowest BCUT2D eigenvalue weighted by Gasteiger charge is -2.09. The third kappa shape index (κ3) is 5.62. The van der Waals surface area contributed by atoms with Crippen molar-refractivity contribution in [3.8, 4) is 5.75 Å². The molecule has 3 aromatic rings. The molecule has 0 unspecified atom stereocenters. The molecule has 0 fully saturated rings. The van der Waals surface area contributed by atoms with Crippen LogP contribution in [0, 0.1) is 5.82 Å². The Labute approximate surface area is 190 Å². The molecule has 0 atom stereocenters. The van der Waals surface area contributed by atoms with Crippen molar-refractivity contribution in [3.63, 3.8) is 0 Å². The van der Waals surface area contributed by atoms with Gasteiger partial charge in [-0.25, -0.2) is 9.38 Å². The number of hydrogen-bond donors (Lipinski definition) is 1. The number of nitrogens with zero attached hydrogens (tertiary/aromatic N) is 2. The van der Waals surface area contributed by atoms with Crippen LogP contribution in [0.15, 0.2) is 82.8 Å². The zero-order valence-electron chi connectivity index (χ0n) is 17.5. The van der Waals surface area contributed by atoms with Gasteiger partial charge in [-0.05, 0) is 42.0 Å². The number of benzene rings is 3. The first-order chi connectivity index (χ1) is 15.6. The zero-order chi connectivity index (χ0) is 22.3. The Kier molecular flexibility index (Phi) is 6.97. The number of carbonyl (C=O) groups is 1. The van der Waals surface area contributed by atoms with Crippen LogP contribution < -0.4 is 10.1 Å². The van der Waals surface area contributed by atoms with Crippen LogP contribution in [0.3, 0.4) is 0 Å². The van der Waals surface area contributed by atoms with Gasteiger partial charge in [0.15, 0.2) is 0 Å². The lowest BCUT2D eigenvalue weighted by Crippen LogP contribution is -2.25. The first-order valence-corrected chi connectivity index (χ1v) is 11.1. The topological polar surface area (TPSA) is 63.1 Å². The second kappa shape index (κ2) is 10.2. The number of amides is 1. The molecule has 1 N–H and O–H groups in total. The summed E-state index contributed by atoms with van der Waals surface area (Å²) in [5, 5.41) is 3.68. The Morgan fingerprint density at radius 1 is 1.03 bits per heavy atom. The van der Waals surface area contributed by atoms with E-state index < -0.39 is 0 Å². The van der Waals surface area contributed by atoms with Crippen LogP contribution >= 0.6 is 11.8 Å². The van der Waals surface area contributed by atoms with Crippen LogP contribution in [0.2, 0.25) is 0 Å². The minimum Gasteiger partial charge on any atom is -0.497 e. The predicted molar refractivity (Wildman–Crippen MR) is 128 cm³/mol. The minimum atomic E-state index is -0.296. The van der Waals surface area contributed by atoms with Gasteiger partial charge in [0.05, 0.1) is 35.0 Å². The third-order valence-electron chi connectivity index (χ3n) is 4.88. The Morgan fingerprint density at radius 2 is 1.78 bits per heavy atom. The van der Waals surface area contributed by atoms with Gasteiger partial charge in [0.1, 0.15) is 11.6 Å². The Morgan fingerprint density at radius 3 is 2.53 bits per heavy atom. The van der Waals surface area contributed by atoms with Gasteiger partial charge in [0, 0.05) is 18.5 Å². The van der Waals surface area contributed by atoms with Gasteiger partial charge in [-0.15, -0.1) is 11.8 Å². The van der Waals surface area contributed by atoms with E-state index in [0.717, 1.165) is 39.0 Å². The summed E-state index contributed by atoms with van der Waals surface area (Å²) < 4.78 is 18.4. The predicted octanol–water partition coefficient (Wildman–Crippen LogP) is 5.44. The average molecular weight is 448 g/mol. The Balaban J connectivity index is 1.47. The molecule has 0 saturated heterocycles. The molecule has 0 radical (unpaired) electrons. The van der Waals surface area contributed by atoms with Crippen molar-refractivity contribution >= 4 is 39.8 Å². The summed E-state index contributed by atoms with van der Waals surface area (Å²) in [7, 11) is 1.64. The molecule has 7 heteroatoms. The molecule has 1 aliphatic heterocycles. The summed E-state index contributed by atoms with van der Waals surface area (Å²) in [6.45, 7) is 0.353. The Hall–Kier alpha value is -3.45. The van der Waals surface area contributed by atoms with Crippen LogP contribution in [0.5, 0.6) is 5.75 Å². The Bertz CT molecular complexity index is 1180. The highest BCUT2D eigenvalue weighted by molar-refractivity contribution is 8.14. The number of fused-ring (bicyclic) bond motifs is 1. The number of thioether (sulfide) groups is 1. The maximum Gasteiger partial charge on any atom is 0.230 e. The van der Waals surface area contributed by atoms with Crippen molar-refractivity contribution in [1.29, 1.82) is 0 Å². The van der Waals surface area contributed by atoms with E-state index in [4.69, 9.17) is 14.7 Å². The number of rotatable bonds is 6. The summed E-state index contributed by atoms with van der Waals surface area (Å²) in [5.41, 5.74) is 4.24. The van der Waals surface area contributed by atoms with Crippen molar-refractivity contribution in [1.82, 2.24) is 5.32 Å². The van der Waals surface area contributed by atoms with Gasteiger partial charge < -0.3 is 10.1 Å². The normalized spacial score (nSPS) is 12.8. The van der Waals surface area contributed by atoms with E-state index in [1.807, 2.05) is 48.5 Å². The molecule has 0 bridgehead atoms. The average Bonchev–Trinajstić information content (AvgIpc) is 3.02. The number of para-hydroxylation sites is 2. The largest absolute Gasteiger partial charge is 0.497 e. The van der Waals surface area contributed by atoms with Crippen molar-refractivity contribution in [3.05, 3.63) is 89.7 Å². The van der Waals surface area contributed by atoms with Gasteiger partial charge in [-0.3, -0.25) is 9.79 Å². The molecular weight excluding hydrogens is 425 g/mol. The van der Waals surface area contributed by atoms with Crippen molar-refractivity contribution in [2.75, 3.05) is 12.9 Å². The molecule has 0 aromatic heterocycles. The first-order valence-electron chi connectivity index (χ1n) is 10.1. The fraction of sp³-hybridized carbons (Fsp3) is 0.160. The van der Waals surface area contributed by atoms with E-state index in [0.29, 0.717) is 13.0 Å². The zero-order valence-corrected chi connectivity index (χ0v) is 18.4. The quantitative estimate of drug-likeness (QED) is 0.547. The molecule has 1 amide bonds. The molecule has 32 heavy (non-hydrogen) atoms. The first kappa shape index (κ1) is 21.8.